The van der Waals surface area contributed by atoms with E-state index in [0.29, 0.717) is 18.7 Å². The van der Waals surface area contributed by atoms with E-state index in [2.05, 4.69) is 21.0 Å². The highest BCUT2D eigenvalue weighted by atomic mass is 79.9. The van der Waals surface area contributed by atoms with E-state index in [1.54, 1.807) is 10.7 Å². The Labute approximate surface area is 114 Å². The van der Waals surface area contributed by atoms with E-state index in [-0.39, 0.29) is 5.82 Å². The molecule has 3 nitrogen and oxygen atoms in total. The van der Waals surface area contributed by atoms with Crippen molar-refractivity contribution in [2.75, 3.05) is 6.54 Å². The second-order valence-electron chi connectivity index (χ2n) is 4.18. The second-order valence-corrected chi connectivity index (χ2v) is 4.98. The van der Waals surface area contributed by atoms with Crippen molar-refractivity contribution in [2.24, 2.45) is 5.73 Å². The highest BCUT2D eigenvalue weighted by molar-refractivity contribution is 9.10. The Bertz CT molecular complexity index is 578. The van der Waals surface area contributed by atoms with Crippen molar-refractivity contribution in [1.29, 1.82) is 0 Å². The summed E-state index contributed by atoms with van der Waals surface area (Å²) >= 11 is 3.45. The van der Waals surface area contributed by atoms with Crippen LogP contribution in [0.15, 0.2) is 22.7 Å². The molecule has 18 heavy (non-hydrogen) atoms. The molecule has 0 unspecified atom stereocenters. The van der Waals surface area contributed by atoms with Crippen LogP contribution < -0.4 is 5.73 Å². The van der Waals surface area contributed by atoms with Gasteiger partial charge in [0.25, 0.3) is 0 Å². The Morgan fingerprint density at radius 1 is 1.39 bits per heavy atom. The third-order valence-electron chi connectivity index (χ3n) is 2.90. The summed E-state index contributed by atoms with van der Waals surface area (Å²) in [7, 11) is 0. The van der Waals surface area contributed by atoms with Crippen molar-refractivity contribution < 1.29 is 4.39 Å². The quantitative estimate of drug-likeness (QED) is 0.947. The van der Waals surface area contributed by atoms with Gasteiger partial charge in [0.1, 0.15) is 11.5 Å². The molecule has 0 aliphatic rings. The van der Waals surface area contributed by atoms with Gasteiger partial charge in [-0.2, -0.15) is 5.10 Å². The van der Waals surface area contributed by atoms with Crippen molar-refractivity contribution in [2.45, 2.75) is 20.3 Å². The Morgan fingerprint density at radius 2 is 2.11 bits per heavy atom. The van der Waals surface area contributed by atoms with Crippen LogP contribution in [0.25, 0.3) is 5.69 Å². The number of nitrogens with zero attached hydrogens (tertiary/aromatic N) is 2. The SMILES string of the molecule is Cc1nn(-c2c(F)cccc2CCN)c(C)c1Br. The van der Waals surface area contributed by atoms with Crippen LogP contribution in [0.1, 0.15) is 17.0 Å². The molecule has 0 saturated carbocycles. The van der Waals surface area contributed by atoms with Gasteiger partial charge in [0.05, 0.1) is 15.9 Å². The summed E-state index contributed by atoms with van der Waals surface area (Å²) in [5.74, 6) is -0.279. The van der Waals surface area contributed by atoms with E-state index >= 15 is 0 Å². The molecular formula is C13H15BrFN3. The zero-order valence-electron chi connectivity index (χ0n) is 10.4. The maximum absolute atomic E-state index is 14.1. The summed E-state index contributed by atoms with van der Waals surface area (Å²) in [6.45, 7) is 4.27. The summed E-state index contributed by atoms with van der Waals surface area (Å²) in [6, 6.07) is 5.03. The zero-order valence-corrected chi connectivity index (χ0v) is 12.0. The molecule has 0 radical (unpaired) electrons. The number of benzene rings is 1. The van der Waals surface area contributed by atoms with Gasteiger partial charge in [-0.15, -0.1) is 0 Å². The first kappa shape index (κ1) is 13.2. The van der Waals surface area contributed by atoms with Gasteiger partial charge in [0.15, 0.2) is 0 Å². The molecule has 5 heteroatoms. The fourth-order valence-corrected chi connectivity index (χ4v) is 2.24. The molecule has 1 aromatic heterocycles. The number of para-hydroxylation sites is 1. The third kappa shape index (κ3) is 2.20. The molecule has 0 amide bonds. The third-order valence-corrected chi connectivity index (χ3v) is 4.05. The van der Waals surface area contributed by atoms with Crippen LogP contribution in [0.3, 0.4) is 0 Å². The molecule has 0 aliphatic carbocycles. The minimum absolute atomic E-state index is 0.279. The first-order chi connectivity index (χ1) is 8.56. The van der Waals surface area contributed by atoms with Crippen LogP contribution in [0.2, 0.25) is 0 Å². The summed E-state index contributed by atoms with van der Waals surface area (Å²) in [5.41, 5.74) is 8.66. The Hall–Kier alpha value is -1.20. The van der Waals surface area contributed by atoms with Crippen molar-refractivity contribution >= 4 is 15.9 Å². The van der Waals surface area contributed by atoms with Crippen molar-refractivity contribution in [1.82, 2.24) is 9.78 Å². The Balaban J connectivity index is 2.65. The second kappa shape index (κ2) is 5.20. The van der Waals surface area contributed by atoms with E-state index in [1.807, 2.05) is 19.9 Å². The van der Waals surface area contributed by atoms with E-state index in [9.17, 15) is 4.39 Å². The summed E-state index contributed by atoms with van der Waals surface area (Å²) in [5, 5.41) is 4.37. The topological polar surface area (TPSA) is 43.8 Å². The molecule has 0 spiro atoms. The van der Waals surface area contributed by atoms with Gasteiger partial charge < -0.3 is 5.73 Å². The highest BCUT2D eigenvalue weighted by Crippen LogP contribution is 2.26. The van der Waals surface area contributed by atoms with Gasteiger partial charge in [0.2, 0.25) is 0 Å². The molecular weight excluding hydrogens is 297 g/mol. The molecule has 2 aromatic rings. The lowest BCUT2D eigenvalue weighted by Crippen LogP contribution is -2.10. The summed E-state index contributed by atoms with van der Waals surface area (Å²) in [6.07, 6.45) is 0.628. The largest absolute Gasteiger partial charge is 0.330 e. The molecule has 0 atom stereocenters. The van der Waals surface area contributed by atoms with Crippen LogP contribution in [0.4, 0.5) is 4.39 Å². The predicted molar refractivity (Wildman–Crippen MR) is 73.5 cm³/mol. The van der Waals surface area contributed by atoms with Gasteiger partial charge in [-0.1, -0.05) is 12.1 Å². The van der Waals surface area contributed by atoms with Gasteiger partial charge in [-0.25, -0.2) is 9.07 Å². The Kier molecular flexibility index (Phi) is 3.82. The van der Waals surface area contributed by atoms with Gasteiger partial charge in [0, 0.05) is 0 Å². The van der Waals surface area contributed by atoms with E-state index in [0.717, 1.165) is 21.4 Å². The van der Waals surface area contributed by atoms with Crippen LogP contribution in [0, 0.1) is 19.7 Å². The summed E-state index contributed by atoms with van der Waals surface area (Å²) in [4.78, 5) is 0. The van der Waals surface area contributed by atoms with Crippen molar-refractivity contribution in [3.8, 4) is 5.69 Å². The molecule has 2 N–H and O–H groups in total. The van der Waals surface area contributed by atoms with E-state index in [4.69, 9.17) is 5.73 Å². The normalized spacial score (nSPS) is 10.9. The number of aromatic nitrogens is 2. The molecule has 1 heterocycles. The average molecular weight is 312 g/mol. The minimum Gasteiger partial charge on any atom is -0.330 e. The van der Waals surface area contributed by atoms with E-state index in [1.165, 1.54) is 6.07 Å². The fourth-order valence-electron chi connectivity index (χ4n) is 2.00. The molecule has 2 rings (SSSR count). The first-order valence-electron chi connectivity index (χ1n) is 5.75. The minimum atomic E-state index is -0.279. The van der Waals surface area contributed by atoms with Gasteiger partial charge >= 0.3 is 0 Å². The number of aryl methyl sites for hydroxylation is 1. The maximum atomic E-state index is 14.1. The lowest BCUT2D eigenvalue weighted by molar-refractivity contribution is 0.604. The molecule has 0 bridgehead atoms. The zero-order chi connectivity index (χ0) is 13.3. The number of hydrogen-bond donors (Lipinski definition) is 1. The molecule has 1 aromatic carbocycles. The molecule has 96 valence electrons. The standard InChI is InChI=1S/C13H15BrFN3/c1-8-12(14)9(2)18(17-8)13-10(6-7-16)4-3-5-11(13)15/h3-5H,6-7,16H2,1-2H3. The average Bonchev–Trinajstić information content (AvgIpc) is 2.58. The monoisotopic (exact) mass is 311 g/mol. The highest BCUT2D eigenvalue weighted by Gasteiger charge is 2.16. The van der Waals surface area contributed by atoms with Crippen LogP contribution in [-0.4, -0.2) is 16.3 Å². The number of rotatable bonds is 3. The van der Waals surface area contributed by atoms with Crippen LogP contribution >= 0.6 is 15.9 Å². The van der Waals surface area contributed by atoms with Crippen LogP contribution in [-0.2, 0) is 6.42 Å². The lowest BCUT2D eigenvalue weighted by Gasteiger charge is -2.11. The van der Waals surface area contributed by atoms with Gasteiger partial charge in [-0.05, 0) is 54.4 Å². The molecule has 0 aliphatic heterocycles. The predicted octanol–water partition coefficient (Wildman–Crippen LogP) is 2.89. The van der Waals surface area contributed by atoms with Gasteiger partial charge in [-0.3, -0.25) is 0 Å². The molecule has 0 fully saturated rings. The number of nitrogens with two attached hydrogens (primary N) is 1. The lowest BCUT2D eigenvalue weighted by atomic mass is 10.1. The number of hydrogen-bond acceptors (Lipinski definition) is 2. The Morgan fingerprint density at radius 3 is 2.67 bits per heavy atom. The van der Waals surface area contributed by atoms with E-state index < -0.39 is 0 Å². The van der Waals surface area contributed by atoms with Crippen molar-refractivity contribution in [3.05, 3.63) is 45.4 Å². The van der Waals surface area contributed by atoms with Crippen molar-refractivity contribution in [3.63, 3.8) is 0 Å². The fraction of sp³-hybridized carbons (Fsp3) is 0.308. The molecule has 0 saturated heterocycles. The van der Waals surface area contributed by atoms with Crippen LogP contribution in [0.5, 0.6) is 0 Å². The maximum Gasteiger partial charge on any atom is 0.149 e. The first-order valence-corrected chi connectivity index (χ1v) is 6.55. The smallest absolute Gasteiger partial charge is 0.149 e. The number of halogens is 2. The summed E-state index contributed by atoms with van der Waals surface area (Å²) < 4.78 is 16.6.